The number of benzene rings is 1. The van der Waals surface area contributed by atoms with Gasteiger partial charge in [-0.15, -0.1) is 0 Å². The summed E-state index contributed by atoms with van der Waals surface area (Å²) in [6.45, 7) is 9.86. The first-order chi connectivity index (χ1) is 18.2. The van der Waals surface area contributed by atoms with Crippen molar-refractivity contribution in [3.63, 3.8) is 0 Å². The summed E-state index contributed by atoms with van der Waals surface area (Å²) in [5.74, 6) is 0.540. The summed E-state index contributed by atoms with van der Waals surface area (Å²) in [6, 6.07) is 16.6. The van der Waals surface area contributed by atoms with Crippen LogP contribution < -0.4 is 15.1 Å². The molecule has 2 amide bonds. The highest BCUT2D eigenvalue weighted by molar-refractivity contribution is 6.07. The van der Waals surface area contributed by atoms with E-state index in [1.807, 2.05) is 70.2 Å². The maximum absolute atomic E-state index is 13.2. The molecule has 0 spiro atoms. The third-order valence-electron chi connectivity index (χ3n) is 6.46. The van der Waals surface area contributed by atoms with E-state index in [2.05, 4.69) is 15.2 Å². The molecule has 1 saturated heterocycles. The molecule has 1 aliphatic rings. The Morgan fingerprint density at radius 2 is 1.74 bits per heavy atom. The highest BCUT2D eigenvalue weighted by Crippen LogP contribution is 2.28. The maximum Gasteiger partial charge on any atom is 0.414 e. The van der Waals surface area contributed by atoms with Crippen LogP contribution in [0.2, 0.25) is 0 Å². The highest BCUT2D eigenvalue weighted by atomic mass is 16.6. The summed E-state index contributed by atoms with van der Waals surface area (Å²) >= 11 is 0. The van der Waals surface area contributed by atoms with Crippen molar-refractivity contribution >= 4 is 29.2 Å². The molecule has 0 saturated carbocycles. The minimum absolute atomic E-state index is 0.201. The first-order valence-electron chi connectivity index (χ1n) is 13.2. The van der Waals surface area contributed by atoms with Crippen LogP contribution in [0.3, 0.4) is 0 Å². The molecular weight excluding hydrogens is 478 g/mol. The molecule has 1 aliphatic heterocycles. The maximum atomic E-state index is 13.2. The summed E-state index contributed by atoms with van der Waals surface area (Å²) in [6.07, 6.45) is 5.26. The number of aryl methyl sites for hydroxylation is 1. The van der Waals surface area contributed by atoms with Crippen molar-refractivity contribution in [1.29, 1.82) is 0 Å². The van der Waals surface area contributed by atoms with E-state index in [0.717, 1.165) is 43.1 Å². The summed E-state index contributed by atoms with van der Waals surface area (Å²) in [4.78, 5) is 39.1. The zero-order valence-corrected chi connectivity index (χ0v) is 22.7. The van der Waals surface area contributed by atoms with Crippen molar-refractivity contribution in [3.8, 4) is 0 Å². The number of hydrogen-bond acceptors (Lipinski definition) is 6. The molecule has 0 unspecified atom stereocenters. The SMILES string of the molecule is Cc1ccc(C(=O)Nc2ccc(N(C(=O)OCCc3ccccn3)C(C)(C)C)cc2)c(N2CCCCC2)n1. The molecule has 1 N–H and O–H groups in total. The quantitative estimate of drug-likeness (QED) is 0.415. The molecule has 4 rings (SSSR count). The second kappa shape index (κ2) is 12.1. The summed E-state index contributed by atoms with van der Waals surface area (Å²) < 4.78 is 5.59. The van der Waals surface area contributed by atoms with Crippen molar-refractivity contribution in [1.82, 2.24) is 9.97 Å². The van der Waals surface area contributed by atoms with Crippen LogP contribution in [0.1, 0.15) is 61.8 Å². The molecule has 1 aromatic carbocycles. The topological polar surface area (TPSA) is 87.7 Å². The Morgan fingerprint density at radius 1 is 1.00 bits per heavy atom. The van der Waals surface area contributed by atoms with Crippen LogP contribution in [0, 0.1) is 6.92 Å². The van der Waals surface area contributed by atoms with Gasteiger partial charge in [-0.25, -0.2) is 9.78 Å². The largest absolute Gasteiger partial charge is 0.449 e. The molecule has 1 fully saturated rings. The van der Waals surface area contributed by atoms with E-state index in [4.69, 9.17) is 9.72 Å². The third-order valence-corrected chi connectivity index (χ3v) is 6.46. The van der Waals surface area contributed by atoms with Gasteiger partial charge in [0.2, 0.25) is 0 Å². The number of rotatable bonds is 7. The number of hydrogen-bond donors (Lipinski definition) is 1. The first-order valence-corrected chi connectivity index (χ1v) is 13.2. The zero-order valence-electron chi connectivity index (χ0n) is 22.7. The number of nitrogens with one attached hydrogen (secondary N) is 1. The minimum Gasteiger partial charge on any atom is -0.449 e. The molecule has 38 heavy (non-hydrogen) atoms. The van der Waals surface area contributed by atoms with Gasteiger partial charge in [-0.2, -0.15) is 0 Å². The van der Waals surface area contributed by atoms with Gasteiger partial charge in [0.15, 0.2) is 0 Å². The lowest BCUT2D eigenvalue weighted by molar-refractivity contribution is 0.102. The Morgan fingerprint density at radius 3 is 2.39 bits per heavy atom. The van der Waals surface area contributed by atoms with Crippen LogP contribution in [0.25, 0.3) is 0 Å². The fourth-order valence-electron chi connectivity index (χ4n) is 4.58. The summed E-state index contributed by atoms with van der Waals surface area (Å²) in [5, 5.41) is 3.00. The molecule has 8 heteroatoms. The minimum atomic E-state index is -0.510. The monoisotopic (exact) mass is 515 g/mol. The van der Waals surface area contributed by atoms with Gasteiger partial charge in [0.1, 0.15) is 5.82 Å². The molecule has 3 heterocycles. The van der Waals surface area contributed by atoms with Crippen LogP contribution in [-0.2, 0) is 11.2 Å². The van der Waals surface area contributed by atoms with Crippen molar-refractivity contribution in [2.45, 2.75) is 58.9 Å². The van der Waals surface area contributed by atoms with Crippen LogP contribution in [0.5, 0.6) is 0 Å². The molecule has 3 aromatic rings. The smallest absolute Gasteiger partial charge is 0.414 e. The highest BCUT2D eigenvalue weighted by Gasteiger charge is 2.29. The normalized spacial score (nSPS) is 13.6. The fourth-order valence-corrected chi connectivity index (χ4v) is 4.58. The van der Waals surface area contributed by atoms with Crippen molar-refractivity contribution < 1.29 is 14.3 Å². The second-order valence-corrected chi connectivity index (χ2v) is 10.6. The number of aromatic nitrogens is 2. The number of anilines is 3. The lowest BCUT2D eigenvalue weighted by atomic mass is 10.1. The molecule has 0 radical (unpaired) electrons. The Balaban J connectivity index is 1.44. The molecular formula is C30H37N5O3. The first kappa shape index (κ1) is 27.1. The Bertz CT molecular complexity index is 1230. The van der Waals surface area contributed by atoms with E-state index < -0.39 is 11.6 Å². The van der Waals surface area contributed by atoms with Crippen molar-refractivity contribution in [3.05, 3.63) is 77.7 Å². The number of carbonyl (C=O) groups excluding carboxylic acids is 2. The van der Waals surface area contributed by atoms with E-state index >= 15 is 0 Å². The standard InChI is InChI=1S/C30H37N5O3/c1-22-11-16-26(27(32-22)34-19-8-5-9-20-34)28(36)33-24-12-14-25(15-13-24)35(30(2,3)4)29(37)38-21-17-23-10-6-7-18-31-23/h6-7,10-16,18H,5,8-9,17,19-21H2,1-4H3,(H,33,36). The molecule has 0 atom stereocenters. The lowest BCUT2D eigenvalue weighted by Gasteiger charge is -2.34. The van der Waals surface area contributed by atoms with Crippen LogP contribution >= 0.6 is 0 Å². The van der Waals surface area contributed by atoms with Gasteiger partial charge in [-0.05, 0) is 95.5 Å². The fraction of sp³-hybridized carbons (Fsp3) is 0.400. The predicted molar refractivity (Wildman–Crippen MR) is 151 cm³/mol. The number of pyridine rings is 2. The number of ether oxygens (including phenoxy) is 1. The number of nitrogens with zero attached hydrogens (tertiary/aromatic N) is 4. The van der Waals surface area contributed by atoms with E-state index in [-0.39, 0.29) is 12.5 Å². The number of carbonyl (C=O) groups is 2. The predicted octanol–water partition coefficient (Wildman–Crippen LogP) is 6.01. The number of piperidine rings is 1. The van der Waals surface area contributed by atoms with Gasteiger partial charge in [0.05, 0.1) is 12.2 Å². The molecule has 0 bridgehead atoms. The van der Waals surface area contributed by atoms with Gasteiger partial charge >= 0.3 is 6.09 Å². The van der Waals surface area contributed by atoms with E-state index in [9.17, 15) is 9.59 Å². The van der Waals surface area contributed by atoms with Crippen LogP contribution in [0.15, 0.2) is 60.8 Å². The Kier molecular flexibility index (Phi) is 8.61. The van der Waals surface area contributed by atoms with Gasteiger partial charge in [0, 0.05) is 54.0 Å². The van der Waals surface area contributed by atoms with Gasteiger partial charge in [0.25, 0.3) is 5.91 Å². The second-order valence-electron chi connectivity index (χ2n) is 10.6. The Hall–Kier alpha value is -3.94. The molecule has 200 valence electrons. The van der Waals surface area contributed by atoms with Gasteiger partial charge < -0.3 is 15.0 Å². The van der Waals surface area contributed by atoms with E-state index in [1.165, 1.54) is 6.42 Å². The third kappa shape index (κ3) is 6.88. The molecule has 2 aromatic heterocycles. The summed E-state index contributed by atoms with van der Waals surface area (Å²) in [5.41, 5.74) is 3.14. The zero-order chi connectivity index (χ0) is 27.1. The van der Waals surface area contributed by atoms with E-state index in [0.29, 0.717) is 23.4 Å². The Labute approximate surface area is 225 Å². The van der Waals surface area contributed by atoms with Crippen molar-refractivity contribution in [2.75, 3.05) is 34.8 Å². The van der Waals surface area contributed by atoms with Gasteiger partial charge in [-0.1, -0.05) is 6.07 Å². The molecule has 8 nitrogen and oxygen atoms in total. The van der Waals surface area contributed by atoms with Crippen LogP contribution in [-0.4, -0.2) is 47.2 Å². The van der Waals surface area contributed by atoms with E-state index in [1.54, 1.807) is 23.2 Å². The average Bonchev–Trinajstić information content (AvgIpc) is 2.90. The number of amides is 2. The summed E-state index contributed by atoms with van der Waals surface area (Å²) in [7, 11) is 0. The van der Waals surface area contributed by atoms with Gasteiger partial charge in [-0.3, -0.25) is 14.7 Å². The van der Waals surface area contributed by atoms with Crippen LogP contribution in [0.4, 0.5) is 22.0 Å². The lowest BCUT2D eigenvalue weighted by Crippen LogP contribution is -2.46. The van der Waals surface area contributed by atoms with Crippen molar-refractivity contribution in [2.24, 2.45) is 0 Å². The average molecular weight is 516 g/mol. The molecule has 0 aliphatic carbocycles.